The highest BCUT2D eigenvalue weighted by Gasteiger charge is 1.99. The predicted molar refractivity (Wildman–Crippen MR) is 51.5 cm³/mol. The van der Waals surface area contributed by atoms with E-state index in [0.717, 1.165) is 19.0 Å². The van der Waals surface area contributed by atoms with Gasteiger partial charge in [0.2, 0.25) is 0 Å². The van der Waals surface area contributed by atoms with Crippen molar-refractivity contribution in [3.63, 3.8) is 0 Å². The molecule has 1 nitrogen and oxygen atoms in total. The van der Waals surface area contributed by atoms with Crippen LogP contribution >= 0.6 is 0 Å². The Kier molecular flexibility index (Phi) is 6.00. The summed E-state index contributed by atoms with van der Waals surface area (Å²) in [5.41, 5.74) is 0. The van der Waals surface area contributed by atoms with Crippen molar-refractivity contribution in [2.24, 2.45) is 5.92 Å². The van der Waals surface area contributed by atoms with Crippen molar-refractivity contribution in [3.8, 4) is 0 Å². The minimum atomic E-state index is 0.741. The maximum Gasteiger partial charge on any atom is 0.0195 e. The van der Waals surface area contributed by atoms with E-state index in [1.165, 1.54) is 12.8 Å². The van der Waals surface area contributed by atoms with Crippen molar-refractivity contribution in [3.05, 3.63) is 12.8 Å². The van der Waals surface area contributed by atoms with Crippen LogP contribution in [0.3, 0.4) is 0 Å². The lowest BCUT2D eigenvalue weighted by Crippen LogP contribution is -2.22. The Morgan fingerprint density at radius 1 is 1.45 bits per heavy atom. The van der Waals surface area contributed by atoms with Gasteiger partial charge in [-0.25, -0.2) is 0 Å². The van der Waals surface area contributed by atoms with Crippen LogP contribution in [0.2, 0.25) is 0 Å². The average molecular weight is 155 g/mol. The van der Waals surface area contributed by atoms with E-state index in [2.05, 4.69) is 32.3 Å². The summed E-state index contributed by atoms with van der Waals surface area (Å²) >= 11 is 0. The summed E-state index contributed by atoms with van der Waals surface area (Å²) in [4.78, 5) is 2.30. The molecule has 66 valence electrons. The normalized spacial score (nSPS) is 10.2. The fourth-order valence-electron chi connectivity index (χ4n) is 1.09. The molecule has 0 aromatic rings. The molecule has 0 aliphatic carbocycles. The Hall–Kier alpha value is -0.460. The van der Waals surface area contributed by atoms with Gasteiger partial charge in [0.15, 0.2) is 0 Å². The first-order valence-corrected chi connectivity index (χ1v) is 4.57. The van der Waals surface area contributed by atoms with Crippen LogP contribution in [0.4, 0.5) is 0 Å². The quantitative estimate of drug-likeness (QED) is 0.570. The molecule has 0 saturated heterocycles. The molecule has 0 aliphatic heterocycles. The smallest absolute Gasteiger partial charge is 0.0195 e. The topological polar surface area (TPSA) is 3.24 Å². The van der Waals surface area contributed by atoms with Gasteiger partial charge in [-0.1, -0.05) is 33.8 Å². The third-order valence-corrected chi connectivity index (χ3v) is 1.66. The zero-order valence-electron chi connectivity index (χ0n) is 8.14. The van der Waals surface area contributed by atoms with E-state index in [1.807, 2.05) is 6.20 Å². The van der Waals surface area contributed by atoms with Crippen LogP contribution in [0.15, 0.2) is 12.8 Å². The van der Waals surface area contributed by atoms with Crippen LogP contribution in [0.25, 0.3) is 0 Å². The number of unbranched alkanes of at least 4 members (excludes halogenated alkanes) is 1. The van der Waals surface area contributed by atoms with Crippen LogP contribution in [0.5, 0.6) is 0 Å². The van der Waals surface area contributed by atoms with Crippen LogP contribution < -0.4 is 0 Å². The molecule has 0 rings (SSSR count). The van der Waals surface area contributed by atoms with Crippen molar-refractivity contribution in [2.75, 3.05) is 13.1 Å². The molecule has 0 N–H and O–H groups in total. The summed E-state index contributed by atoms with van der Waals surface area (Å²) in [6, 6.07) is 0. The summed E-state index contributed by atoms with van der Waals surface area (Å²) in [6.07, 6.45) is 4.50. The van der Waals surface area contributed by atoms with Gasteiger partial charge in [-0.05, 0) is 18.5 Å². The molecular formula is C10H21N. The second kappa shape index (κ2) is 6.26. The molecule has 0 heterocycles. The van der Waals surface area contributed by atoms with E-state index >= 15 is 0 Å². The van der Waals surface area contributed by atoms with Gasteiger partial charge in [-0.3, -0.25) is 0 Å². The third kappa shape index (κ3) is 5.96. The molecule has 0 atom stereocenters. The third-order valence-electron chi connectivity index (χ3n) is 1.66. The SMILES string of the molecule is C=CN(CCCC)CC(C)C. The predicted octanol–water partition coefficient (Wildman–Crippen LogP) is 2.89. The molecule has 0 aromatic heterocycles. The molecule has 0 fully saturated rings. The van der Waals surface area contributed by atoms with E-state index in [1.54, 1.807) is 0 Å². The maximum atomic E-state index is 3.79. The van der Waals surface area contributed by atoms with E-state index in [4.69, 9.17) is 0 Å². The van der Waals surface area contributed by atoms with Gasteiger partial charge in [-0.15, -0.1) is 0 Å². The Morgan fingerprint density at radius 2 is 2.09 bits per heavy atom. The number of rotatable bonds is 6. The summed E-state index contributed by atoms with van der Waals surface area (Å²) in [7, 11) is 0. The van der Waals surface area contributed by atoms with Gasteiger partial charge in [-0.2, -0.15) is 0 Å². The van der Waals surface area contributed by atoms with Gasteiger partial charge in [0.1, 0.15) is 0 Å². The molecule has 0 spiro atoms. The lowest BCUT2D eigenvalue weighted by Gasteiger charge is -2.21. The summed E-state index contributed by atoms with van der Waals surface area (Å²) in [5, 5.41) is 0. The number of nitrogens with zero attached hydrogens (tertiary/aromatic N) is 1. The van der Waals surface area contributed by atoms with Crippen LogP contribution in [-0.2, 0) is 0 Å². The van der Waals surface area contributed by atoms with Crippen molar-refractivity contribution in [1.82, 2.24) is 4.90 Å². The number of hydrogen-bond acceptors (Lipinski definition) is 1. The molecule has 1 heteroatoms. The molecule has 0 amide bonds. The van der Waals surface area contributed by atoms with Gasteiger partial charge < -0.3 is 4.90 Å². The first-order valence-electron chi connectivity index (χ1n) is 4.57. The molecule has 0 aromatic carbocycles. The second-order valence-electron chi connectivity index (χ2n) is 3.42. The largest absolute Gasteiger partial charge is 0.378 e. The standard InChI is InChI=1S/C10H21N/c1-5-7-8-11(6-2)9-10(3)4/h6,10H,2,5,7-9H2,1,3-4H3. The van der Waals surface area contributed by atoms with Crippen molar-refractivity contribution < 1.29 is 0 Å². The number of hydrogen-bond donors (Lipinski definition) is 0. The van der Waals surface area contributed by atoms with Gasteiger partial charge >= 0.3 is 0 Å². The minimum absolute atomic E-state index is 0.741. The lowest BCUT2D eigenvalue weighted by molar-refractivity contribution is 0.326. The van der Waals surface area contributed by atoms with Gasteiger partial charge in [0, 0.05) is 13.1 Å². The van der Waals surface area contributed by atoms with Crippen molar-refractivity contribution in [1.29, 1.82) is 0 Å². The average Bonchev–Trinajstić information content (AvgIpc) is 1.97. The summed E-state index contributed by atoms with van der Waals surface area (Å²) in [6.45, 7) is 12.8. The fraction of sp³-hybridized carbons (Fsp3) is 0.800. The molecule has 11 heavy (non-hydrogen) atoms. The van der Waals surface area contributed by atoms with Crippen LogP contribution in [0, 0.1) is 5.92 Å². The maximum absolute atomic E-state index is 3.79. The van der Waals surface area contributed by atoms with Crippen LogP contribution in [0.1, 0.15) is 33.6 Å². The Bertz CT molecular complexity index is 97.0. The van der Waals surface area contributed by atoms with E-state index < -0.39 is 0 Å². The van der Waals surface area contributed by atoms with E-state index in [-0.39, 0.29) is 0 Å². The molecule has 0 unspecified atom stereocenters. The summed E-state index contributed by atoms with van der Waals surface area (Å²) in [5.74, 6) is 0.741. The van der Waals surface area contributed by atoms with Crippen LogP contribution in [-0.4, -0.2) is 18.0 Å². The molecule has 0 saturated carbocycles. The Balaban J connectivity index is 3.49. The molecular weight excluding hydrogens is 134 g/mol. The first kappa shape index (κ1) is 10.5. The van der Waals surface area contributed by atoms with Gasteiger partial charge in [0.05, 0.1) is 0 Å². The molecule has 0 bridgehead atoms. The zero-order chi connectivity index (χ0) is 8.69. The van der Waals surface area contributed by atoms with Gasteiger partial charge in [0.25, 0.3) is 0 Å². The van der Waals surface area contributed by atoms with Crippen molar-refractivity contribution >= 4 is 0 Å². The van der Waals surface area contributed by atoms with Crippen molar-refractivity contribution in [2.45, 2.75) is 33.6 Å². The molecule has 0 radical (unpaired) electrons. The minimum Gasteiger partial charge on any atom is -0.378 e. The van der Waals surface area contributed by atoms with E-state index in [9.17, 15) is 0 Å². The Labute approximate surface area is 71.1 Å². The monoisotopic (exact) mass is 155 g/mol. The highest BCUT2D eigenvalue weighted by molar-refractivity contribution is 4.71. The second-order valence-corrected chi connectivity index (χ2v) is 3.42. The molecule has 0 aliphatic rings. The van der Waals surface area contributed by atoms with E-state index in [0.29, 0.717) is 0 Å². The zero-order valence-corrected chi connectivity index (χ0v) is 8.14. The lowest BCUT2D eigenvalue weighted by atomic mass is 10.2. The highest BCUT2D eigenvalue weighted by Crippen LogP contribution is 2.00. The first-order chi connectivity index (χ1) is 5.20. The fourth-order valence-corrected chi connectivity index (χ4v) is 1.09. The highest BCUT2D eigenvalue weighted by atomic mass is 15.1. The Morgan fingerprint density at radius 3 is 2.45 bits per heavy atom. The summed E-state index contributed by atoms with van der Waals surface area (Å²) < 4.78 is 0.